The number of nitrogens with two attached hydrogens (primary N) is 1. The predicted octanol–water partition coefficient (Wildman–Crippen LogP) is 3.11. The quantitative estimate of drug-likeness (QED) is 0.915. The second-order valence-electron chi connectivity index (χ2n) is 5.65. The van der Waals surface area contributed by atoms with Crippen LogP contribution in [0.3, 0.4) is 0 Å². The summed E-state index contributed by atoms with van der Waals surface area (Å²) in [7, 11) is 0. The number of benzene rings is 2. The van der Waals surface area contributed by atoms with Crippen molar-refractivity contribution in [2.75, 3.05) is 13.1 Å². The van der Waals surface area contributed by atoms with E-state index in [0.29, 0.717) is 5.56 Å². The molecule has 1 heterocycles. The Morgan fingerprint density at radius 3 is 2.35 bits per heavy atom. The van der Waals surface area contributed by atoms with Gasteiger partial charge >= 0.3 is 0 Å². The molecule has 1 amide bonds. The maximum atomic E-state index is 13.7. The minimum absolute atomic E-state index is 0.286. The van der Waals surface area contributed by atoms with Gasteiger partial charge < -0.3 is 11.1 Å². The van der Waals surface area contributed by atoms with Crippen LogP contribution < -0.4 is 11.1 Å². The molecule has 3 N–H and O–H groups in total. The molecule has 2 aromatic rings. The van der Waals surface area contributed by atoms with E-state index < -0.39 is 5.91 Å². The van der Waals surface area contributed by atoms with Gasteiger partial charge in [-0.05, 0) is 60.8 Å². The van der Waals surface area contributed by atoms with E-state index in [0.717, 1.165) is 42.6 Å². The molecule has 0 aromatic heterocycles. The van der Waals surface area contributed by atoms with E-state index >= 15 is 0 Å². The molecule has 1 aliphatic heterocycles. The van der Waals surface area contributed by atoms with Gasteiger partial charge in [-0.1, -0.05) is 35.9 Å². The summed E-state index contributed by atoms with van der Waals surface area (Å²) in [5.41, 5.74) is 9.74. The van der Waals surface area contributed by atoms with Gasteiger partial charge in [0.05, 0.1) is 0 Å². The molecule has 23 heavy (non-hydrogen) atoms. The first-order chi connectivity index (χ1) is 11.2. The normalized spacial score (nSPS) is 14.6. The molecule has 3 nitrogen and oxygen atoms in total. The Labute approximate surface area is 135 Å². The molecule has 1 saturated heterocycles. The molecule has 1 aliphatic rings. The van der Waals surface area contributed by atoms with Gasteiger partial charge in [0.15, 0.2) is 0 Å². The minimum Gasteiger partial charge on any atom is -0.366 e. The lowest BCUT2D eigenvalue weighted by Gasteiger charge is -2.22. The zero-order chi connectivity index (χ0) is 16.2. The van der Waals surface area contributed by atoms with E-state index in [1.165, 1.54) is 17.7 Å². The average molecular weight is 310 g/mol. The van der Waals surface area contributed by atoms with Gasteiger partial charge in [0, 0.05) is 5.56 Å². The van der Waals surface area contributed by atoms with Crippen LogP contribution in [0.2, 0.25) is 0 Å². The van der Waals surface area contributed by atoms with Gasteiger partial charge in [-0.25, -0.2) is 4.39 Å². The molecule has 1 fully saturated rings. The van der Waals surface area contributed by atoms with Crippen LogP contribution in [0.1, 0.15) is 34.3 Å². The van der Waals surface area contributed by atoms with Crippen molar-refractivity contribution >= 4 is 11.5 Å². The summed E-state index contributed by atoms with van der Waals surface area (Å²) in [6.07, 6.45) is 1.75. The van der Waals surface area contributed by atoms with Crippen LogP contribution in [0.5, 0.6) is 0 Å². The van der Waals surface area contributed by atoms with Gasteiger partial charge in [0.25, 0.3) is 0 Å². The predicted molar refractivity (Wildman–Crippen MR) is 89.5 cm³/mol. The molecular weight excluding hydrogens is 291 g/mol. The SMILES string of the molecule is NC(=O)c1ccccc1C(=C1CCNCC1)c1cccc(F)c1. The Bertz CT molecular complexity index is 759. The number of hydrogen-bond acceptors (Lipinski definition) is 2. The average Bonchev–Trinajstić information content (AvgIpc) is 2.56. The third kappa shape index (κ3) is 3.32. The molecule has 2 aromatic carbocycles. The van der Waals surface area contributed by atoms with E-state index in [9.17, 15) is 9.18 Å². The monoisotopic (exact) mass is 310 g/mol. The van der Waals surface area contributed by atoms with Crippen molar-refractivity contribution in [1.29, 1.82) is 0 Å². The molecular formula is C19H19FN2O. The minimum atomic E-state index is -0.468. The van der Waals surface area contributed by atoms with Crippen LogP contribution in [0, 0.1) is 5.82 Å². The lowest BCUT2D eigenvalue weighted by molar-refractivity contribution is 0.1000. The molecule has 0 unspecified atom stereocenters. The van der Waals surface area contributed by atoms with Crippen LogP contribution in [0.4, 0.5) is 4.39 Å². The topological polar surface area (TPSA) is 55.1 Å². The summed E-state index contributed by atoms with van der Waals surface area (Å²) in [5.74, 6) is -0.755. The number of nitrogens with one attached hydrogen (secondary N) is 1. The molecule has 0 saturated carbocycles. The maximum Gasteiger partial charge on any atom is 0.249 e. The van der Waals surface area contributed by atoms with Gasteiger partial charge in [-0.15, -0.1) is 0 Å². The molecule has 0 bridgehead atoms. The summed E-state index contributed by atoms with van der Waals surface area (Å²) >= 11 is 0. The first-order valence-electron chi connectivity index (χ1n) is 7.74. The van der Waals surface area contributed by atoms with Crippen molar-refractivity contribution in [2.24, 2.45) is 5.73 Å². The van der Waals surface area contributed by atoms with Crippen LogP contribution >= 0.6 is 0 Å². The molecule has 0 atom stereocenters. The number of carbonyl (C=O) groups is 1. The van der Waals surface area contributed by atoms with E-state index in [1.807, 2.05) is 18.2 Å². The Morgan fingerprint density at radius 2 is 1.70 bits per heavy atom. The number of hydrogen-bond donors (Lipinski definition) is 2. The van der Waals surface area contributed by atoms with Gasteiger partial charge in [0.2, 0.25) is 5.91 Å². The highest BCUT2D eigenvalue weighted by Gasteiger charge is 2.19. The lowest BCUT2D eigenvalue weighted by atomic mass is 9.86. The van der Waals surface area contributed by atoms with E-state index in [4.69, 9.17) is 5.73 Å². The Balaban J connectivity index is 2.23. The van der Waals surface area contributed by atoms with Gasteiger partial charge in [-0.3, -0.25) is 4.79 Å². The van der Waals surface area contributed by atoms with Crippen molar-refractivity contribution in [2.45, 2.75) is 12.8 Å². The summed E-state index contributed by atoms with van der Waals surface area (Å²) < 4.78 is 13.7. The van der Waals surface area contributed by atoms with Crippen LogP contribution in [-0.2, 0) is 0 Å². The number of carbonyl (C=O) groups excluding carboxylic acids is 1. The van der Waals surface area contributed by atoms with Gasteiger partial charge in [0.1, 0.15) is 5.82 Å². The summed E-state index contributed by atoms with van der Waals surface area (Å²) in [6.45, 7) is 1.76. The van der Waals surface area contributed by atoms with E-state index in [2.05, 4.69) is 5.32 Å². The third-order valence-corrected chi connectivity index (χ3v) is 4.14. The fourth-order valence-electron chi connectivity index (χ4n) is 3.09. The van der Waals surface area contributed by atoms with Crippen molar-refractivity contribution in [1.82, 2.24) is 5.32 Å². The van der Waals surface area contributed by atoms with E-state index in [1.54, 1.807) is 18.2 Å². The van der Waals surface area contributed by atoms with Crippen LogP contribution in [0.25, 0.3) is 5.57 Å². The molecule has 4 heteroatoms. The summed E-state index contributed by atoms with van der Waals surface area (Å²) in [5, 5.41) is 3.32. The smallest absolute Gasteiger partial charge is 0.249 e. The fraction of sp³-hybridized carbons (Fsp3) is 0.211. The number of piperidine rings is 1. The zero-order valence-corrected chi connectivity index (χ0v) is 12.8. The van der Waals surface area contributed by atoms with Crippen LogP contribution in [0.15, 0.2) is 54.1 Å². The van der Waals surface area contributed by atoms with Crippen molar-refractivity contribution in [3.63, 3.8) is 0 Å². The molecule has 0 spiro atoms. The van der Waals surface area contributed by atoms with Crippen LogP contribution in [-0.4, -0.2) is 19.0 Å². The number of halogens is 1. The lowest BCUT2D eigenvalue weighted by Crippen LogP contribution is -2.24. The third-order valence-electron chi connectivity index (χ3n) is 4.14. The zero-order valence-electron chi connectivity index (χ0n) is 12.8. The van der Waals surface area contributed by atoms with E-state index in [-0.39, 0.29) is 5.82 Å². The number of rotatable bonds is 3. The van der Waals surface area contributed by atoms with Crippen molar-refractivity contribution in [3.05, 3.63) is 76.6 Å². The molecule has 0 radical (unpaired) electrons. The highest BCUT2D eigenvalue weighted by molar-refractivity contribution is 6.00. The molecule has 118 valence electrons. The Hall–Kier alpha value is -2.46. The van der Waals surface area contributed by atoms with Gasteiger partial charge in [-0.2, -0.15) is 0 Å². The number of primary amides is 1. The second kappa shape index (κ2) is 6.75. The first-order valence-corrected chi connectivity index (χ1v) is 7.74. The molecule has 0 aliphatic carbocycles. The highest BCUT2D eigenvalue weighted by atomic mass is 19.1. The second-order valence-corrected chi connectivity index (χ2v) is 5.65. The fourth-order valence-corrected chi connectivity index (χ4v) is 3.09. The summed E-state index contributed by atoms with van der Waals surface area (Å²) in [6, 6.07) is 13.8. The highest BCUT2D eigenvalue weighted by Crippen LogP contribution is 2.33. The standard InChI is InChI=1S/C19H19FN2O/c20-15-5-3-4-14(12-15)18(13-8-10-22-11-9-13)16-6-1-2-7-17(16)19(21)23/h1-7,12,22H,8-11H2,(H2,21,23). The first kappa shape index (κ1) is 15.4. The molecule has 3 rings (SSSR count). The van der Waals surface area contributed by atoms with Crippen molar-refractivity contribution in [3.8, 4) is 0 Å². The number of amides is 1. The Morgan fingerprint density at radius 1 is 1.00 bits per heavy atom. The maximum absolute atomic E-state index is 13.7. The summed E-state index contributed by atoms with van der Waals surface area (Å²) in [4.78, 5) is 11.8. The largest absolute Gasteiger partial charge is 0.366 e. The van der Waals surface area contributed by atoms with Crippen molar-refractivity contribution < 1.29 is 9.18 Å². The Kier molecular flexibility index (Phi) is 4.53.